The van der Waals surface area contributed by atoms with Gasteiger partial charge in [0.25, 0.3) is 5.91 Å². The van der Waals surface area contributed by atoms with Crippen molar-refractivity contribution < 1.29 is 22.7 Å². The fraction of sp³-hybridized carbons (Fsp3) is 0.176. The number of nitrogens with one attached hydrogen (secondary N) is 1. The Morgan fingerprint density at radius 3 is 2.52 bits per heavy atom. The molecule has 7 nitrogen and oxygen atoms in total. The molecule has 3 rings (SSSR count). The van der Waals surface area contributed by atoms with Crippen LogP contribution in [-0.2, 0) is 19.4 Å². The number of nitrogens with zero attached hydrogens (tertiary/aromatic N) is 1. The van der Waals surface area contributed by atoms with E-state index in [2.05, 4.69) is 5.32 Å². The van der Waals surface area contributed by atoms with Crippen LogP contribution in [0.3, 0.4) is 0 Å². The molecule has 1 N–H and O–H groups in total. The minimum absolute atomic E-state index is 0.118. The number of anilines is 2. The van der Waals surface area contributed by atoms with Gasteiger partial charge in [0.1, 0.15) is 12.3 Å². The lowest BCUT2D eigenvalue weighted by atomic mass is 10.2. The van der Waals surface area contributed by atoms with Crippen molar-refractivity contribution in [1.29, 1.82) is 0 Å². The molecule has 0 spiro atoms. The molecule has 130 valence electrons. The third-order valence-corrected chi connectivity index (χ3v) is 4.80. The van der Waals surface area contributed by atoms with Gasteiger partial charge >= 0.3 is 0 Å². The third kappa shape index (κ3) is 3.80. The van der Waals surface area contributed by atoms with E-state index in [1.807, 2.05) is 0 Å². The Morgan fingerprint density at radius 2 is 1.84 bits per heavy atom. The highest BCUT2D eigenvalue weighted by atomic mass is 32.2. The van der Waals surface area contributed by atoms with Gasteiger partial charge in [-0.1, -0.05) is 12.1 Å². The Bertz CT molecular complexity index is 922. The van der Waals surface area contributed by atoms with Crippen LogP contribution in [0.1, 0.15) is 0 Å². The van der Waals surface area contributed by atoms with E-state index in [9.17, 15) is 18.0 Å². The number of carbonyl (C=O) groups excluding carboxylic acids is 2. The molecule has 0 saturated heterocycles. The van der Waals surface area contributed by atoms with Gasteiger partial charge in [0.05, 0.1) is 10.6 Å². The summed E-state index contributed by atoms with van der Waals surface area (Å²) in [6, 6.07) is 12.8. The molecule has 0 fully saturated rings. The first-order valence-electron chi connectivity index (χ1n) is 7.47. The largest absolute Gasteiger partial charge is 0.482 e. The summed E-state index contributed by atoms with van der Waals surface area (Å²) in [5.41, 5.74) is 0.993. The van der Waals surface area contributed by atoms with Crippen LogP contribution in [0.15, 0.2) is 53.4 Å². The van der Waals surface area contributed by atoms with Crippen LogP contribution < -0.4 is 15.0 Å². The average molecular weight is 360 g/mol. The van der Waals surface area contributed by atoms with Crippen molar-refractivity contribution in [1.82, 2.24) is 0 Å². The first-order chi connectivity index (χ1) is 11.8. The van der Waals surface area contributed by atoms with Gasteiger partial charge in [-0.2, -0.15) is 0 Å². The summed E-state index contributed by atoms with van der Waals surface area (Å²) in [5, 5.41) is 2.65. The van der Waals surface area contributed by atoms with E-state index in [1.54, 1.807) is 24.3 Å². The van der Waals surface area contributed by atoms with E-state index in [-0.39, 0.29) is 24.0 Å². The summed E-state index contributed by atoms with van der Waals surface area (Å²) in [6.45, 7) is -0.277. The summed E-state index contributed by atoms with van der Waals surface area (Å²) in [5.74, 6) is -0.147. The Morgan fingerprint density at radius 1 is 1.16 bits per heavy atom. The number of rotatable bonds is 4. The molecule has 0 saturated carbocycles. The van der Waals surface area contributed by atoms with E-state index in [1.165, 1.54) is 29.2 Å². The van der Waals surface area contributed by atoms with Crippen LogP contribution in [0, 0.1) is 0 Å². The van der Waals surface area contributed by atoms with Crippen molar-refractivity contribution in [2.75, 3.05) is 29.6 Å². The first-order valence-corrected chi connectivity index (χ1v) is 9.36. The second kappa shape index (κ2) is 6.56. The van der Waals surface area contributed by atoms with Crippen molar-refractivity contribution in [2.24, 2.45) is 0 Å². The number of benzene rings is 2. The first kappa shape index (κ1) is 17.0. The maximum Gasteiger partial charge on any atom is 0.265 e. The van der Waals surface area contributed by atoms with Gasteiger partial charge in [-0.25, -0.2) is 8.42 Å². The molecule has 1 aliphatic rings. The summed E-state index contributed by atoms with van der Waals surface area (Å²) in [4.78, 5) is 25.8. The van der Waals surface area contributed by atoms with E-state index in [0.717, 1.165) is 6.26 Å². The lowest BCUT2D eigenvalue weighted by molar-refractivity contribution is -0.123. The molecule has 25 heavy (non-hydrogen) atoms. The van der Waals surface area contributed by atoms with Crippen LogP contribution in [0.25, 0.3) is 0 Å². The number of amides is 2. The predicted molar refractivity (Wildman–Crippen MR) is 92.5 cm³/mol. The second-order valence-corrected chi connectivity index (χ2v) is 7.60. The van der Waals surface area contributed by atoms with Crippen molar-refractivity contribution in [3.8, 4) is 5.75 Å². The summed E-state index contributed by atoms with van der Waals surface area (Å²) in [6.07, 6.45) is 1.11. The SMILES string of the molecule is CS(=O)(=O)c1ccc(NC(=O)CN2C(=O)COc3ccccc32)cc1. The maximum absolute atomic E-state index is 12.3. The third-order valence-electron chi connectivity index (χ3n) is 3.68. The van der Waals surface area contributed by atoms with Gasteiger partial charge in [0.15, 0.2) is 16.4 Å². The number of hydrogen-bond acceptors (Lipinski definition) is 5. The van der Waals surface area contributed by atoms with Gasteiger partial charge in [-0.05, 0) is 36.4 Å². The molecule has 0 aromatic heterocycles. The Balaban J connectivity index is 1.72. The van der Waals surface area contributed by atoms with Gasteiger partial charge < -0.3 is 10.1 Å². The minimum Gasteiger partial charge on any atom is -0.482 e. The molecule has 0 unspecified atom stereocenters. The second-order valence-electron chi connectivity index (χ2n) is 5.58. The van der Waals surface area contributed by atoms with Crippen LogP contribution in [0.5, 0.6) is 5.75 Å². The van der Waals surface area contributed by atoms with Gasteiger partial charge in [-0.3, -0.25) is 14.5 Å². The molecule has 0 bridgehead atoms. The van der Waals surface area contributed by atoms with Crippen molar-refractivity contribution >= 4 is 33.0 Å². The quantitative estimate of drug-likeness (QED) is 0.891. The standard InChI is InChI=1S/C17H16N2O5S/c1-25(22,23)13-8-6-12(7-9-13)18-16(20)10-19-14-4-2-3-5-15(14)24-11-17(19)21/h2-9H,10-11H2,1H3,(H,18,20). The number of sulfone groups is 1. The number of ether oxygens (including phenoxy) is 1. The number of hydrogen-bond donors (Lipinski definition) is 1. The van der Waals surface area contributed by atoms with Crippen LogP contribution in [-0.4, -0.2) is 39.6 Å². The van der Waals surface area contributed by atoms with E-state index in [0.29, 0.717) is 17.1 Å². The van der Waals surface area contributed by atoms with Crippen LogP contribution >= 0.6 is 0 Å². The molecule has 8 heteroatoms. The van der Waals surface area contributed by atoms with Gasteiger partial charge in [0, 0.05) is 11.9 Å². The molecular weight excluding hydrogens is 344 g/mol. The highest BCUT2D eigenvalue weighted by Gasteiger charge is 2.26. The van der Waals surface area contributed by atoms with E-state index >= 15 is 0 Å². The number of fused-ring (bicyclic) bond motifs is 1. The molecule has 0 atom stereocenters. The Hall–Kier alpha value is -2.87. The topological polar surface area (TPSA) is 92.8 Å². The highest BCUT2D eigenvalue weighted by molar-refractivity contribution is 7.90. The fourth-order valence-corrected chi connectivity index (χ4v) is 3.09. The van der Waals surface area contributed by atoms with Crippen molar-refractivity contribution in [3.63, 3.8) is 0 Å². The smallest absolute Gasteiger partial charge is 0.265 e. The lowest BCUT2D eigenvalue weighted by Gasteiger charge is -2.28. The monoisotopic (exact) mass is 360 g/mol. The van der Waals surface area contributed by atoms with E-state index < -0.39 is 15.7 Å². The van der Waals surface area contributed by atoms with E-state index in [4.69, 9.17) is 4.74 Å². The fourth-order valence-electron chi connectivity index (χ4n) is 2.46. The number of carbonyl (C=O) groups is 2. The molecule has 0 radical (unpaired) electrons. The maximum atomic E-state index is 12.3. The molecule has 1 heterocycles. The molecule has 1 aliphatic heterocycles. The number of para-hydroxylation sites is 2. The van der Waals surface area contributed by atoms with Crippen LogP contribution in [0.2, 0.25) is 0 Å². The average Bonchev–Trinajstić information content (AvgIpc) is 2.57. The molecule has 2 amide bonds. The molecule has 0 aliphatic carbocycles. The Kier molecular flexibility index (Phi) is 4.45. The minimum atomic E-state index is -3.29. The summed E-state index contributed by atoms with van der Waals surface area (Å²) >= 11 is 0. The zero-order valence-electron chi connectivity index (χ0n) is 13.4. The molecule has 2 aromatic carbocycles. The van der Waals surface area contributed by atoms with Crippen molar-refractivity contribution in [2.45, 2.75) is 4.90 Å². The predicted octanol–water partition coefficient (Wildman–Crippen LogP) is 1.45. The molecular formula is C17H16N2O5S. The zero-order valence-corrected chi connectivity index (χ0v) is 14.2. The zero-order chi connectivity index (χ0) is 18.0. The van der Waals surface area contributed by atoms with Crippen LogP contribution in [0.4, 0.5) is 11.4 Å². The lowest BCUT2D eigenvalue weighted by Crippen LogP contribution is -2.43. The summed E-state index contributed by atoms with van der Waals surface area (Å²) < 4.78 is 28.2. The normalized spacial score (nSPS) is 13.8. The summed E-state index contributed by atoms with van der Waals surface area (Å²) in [7, 11) is -3.29. The Labute approximate surface area is 145 Å². The van der Waals surface area contributed by atoms with Crippen molar-refractivity contribution in [3.05, 3.63) is 48.5 Å². The van der Waals surface area contributed by atoms with Gasteiger partial charge in [-0.15, -0.1) is 0 Å². The van der Waals surface area contributed by atoms with Gasteiger partial charge in [0.2, 0.25) is 5.91 Å². The molecule has 2 aromatic rings. The highest BCUT2D eigenvalue weighted by Crippen LogP contribution is 2.31.